The summed E-state index contributed by atoms with van der Waals surface area (Å²) in [5.74, 6) is -0.337. The van der Waals surface area contributed by atoms with Crippen LogP contribution in [0.1, 0.15) is 38.5 Å². The molecule has 4 nitrogen and oxygen atoms in total. The van der Waals surface area contributed by atoms with Gasteiger partial charge in [0.2, 0.25) is 0 Å². The first-order valence-corrected chi connectivity index (χ1v) is 7.74. The van der Waals surface area contributed by atoms with Crippen LogP contribution in [0, 0.1) is 5.82 Å². The first kappa shape index (κ1) is 15.8. The third-order valence-corrected chi connectivity index (χ3v) is 3.88. The van der Waals surface area contributed by atoms with Crippen molar-refractivity contribution >= 4 is 11.7 Å². The van der Waals surface area contributed by atoms with Gasteiger partial charge in [-0.25, -0.2) is 9.18 Å². The fourth-order valence-corrected chi connectivity index (χ4v) is 2.74. The molecule has 0 atom stereocenters. The van der Waals surface area contributed by atoms with Crippen LogP contribution in [0.2, 0.25) is 0 Å². The Kier molecular flexibility index (Phi) is 5.99. The number of carbonyl (C=O) groups excluding carboxylic acids is 1. The fraction of sp³-hybridized carbons (Fsp3) is 0.562. The molecule has 2 amide bonds. The summed E-state index contributed by atoms with van der Waals surface area (Å²) < 4.78 is 13.4. The van der Waals surface area contributed by atoms with Gasteiger partial charge in [-0.1, -0.05) is 25.3 Å². The summed E-state index contributed by atoms with van der Waals surface area (Å²) in [6.45, 7) is 1.00. The van der Waals surface area contributed by atoms with Crippen molar-refractivity contribution in [2.24, 2.45) is 5.73 Å². The Labute approximate surface area is 125 Å². The number of urea groups is 1. The monoisotopic (exact) mass is 293 g/mol. The van der Waals surface area contributed by atoms with Gasteiger partial charge in [-0.2, -0.15) is 0 Å². The average molecular weight is 293 g/mol. The van der Waals surface area contributed by atoms with Gasteiger partial charge >= 0.3 is 6.03 Å². The van der Waals surface area contributed by atoms with E-state index in [0.717, 1.165) is 25.7 Å². The normalized spacial score (nSPS) is 15.7. The molecular weight excluding hydrogens is 269 g/mol. The lowest BCUT2D eigenvalue weighted by Crippen LogP contribution is -2.46. The van der Waals surface area contributed by atoms with E-state index in [1.54, 1.807) is 17.0 Å². The summed E-state index contributed by atoms with van der Waals surface area (Å²) in [5, 5.41) is 3.07. The van der Waals surface area contributed by atoms with Crippen LogP contribution in [-0.2, 0) is 0 Å². The summed E-state index contributed by atoms with van der Waals surface area (Å²) >= 11 is 0. The molecule has 0 bridgehead atoms. The molecule has 0 unspecified atom stereocenters. The number of nitrogens with one attached hydrogen (secondary N) is 1. The van der Waals surface area contributed by atoms with E-state index in [-0.39, 0.29) is 17.9 Å². The maximum Gasteiger partial charge on any atom is 0.322 e. The van der Waals surface area contributed by atoms with Gasteiger partial charge in [0.15, 0.2) is 0 Å². The highest BCUT2D eigenvalue weighted by Gasteiger charge is 2.21. The molecule has 116 valence electrons. The number of carbonyl (C=O) groups is 1. The van der Waals surface area contributed by atoms with Crippen molar-refractivity contribution in [3.05, 3.63) is 30.1 Å². The van der Waals surface area contributed by atoms with E-state index >= 15 is 0 Å². The Morgan fingerprint density at radius 1 is 1.33 bits per heavy atom. The van der Waals surface area contributed by atoms with Crippen LogP contribution in [0.3, 0.4) is 0 Å². The quantitative estimate of drug-likeness (QED) is 0.876. The lowest BCUT2D eigenvalue weighted by atomic mass is 9.96. The third kappa shape index (κ3) is 4.70. The van der Waals surface area contributed by atoms with Crippen molar-refractivity contribution in [2.75, 3.05) is 18.0 Å². The zero-order chi connectivity index (χ0) is 15.1. The van der Waals surface area contributed by atoms with Crippen molar-refractivity contribution in [1.29, 1.82) is 0 Å². The second-order valence-corrected chi connectivity index (χ2v) is 5.56. The number of halogens is 1. The molecule has 0 aromatic heterocycles. The van der Waals surface area contributed by atoms with Crippen LogP contribution < -0.4 is 16.0 Å². The van der Waals surface area contributed by atoms with E-state index in [9.17, 15) is 9.18 Å². The third-order valence-electron chi connectivity index (χ3n) is 3.88. The molecule has 0 saturated heterocycles. The highest BCUT2D eigenvalue weighted by Crippen LogP contribution is 2.20. The molecule has 1 fully saturated rings. The zero-order valence-electron chi connectivity index (χ0n) is 12.4. The minimum atomic E-state index is -0.337. The van der Waals surface area contributed by atoms with Gasteiger partial charge < -0.3 is 11.1 Å². The number of anilines is 1. The van der Waals surface area contributed by atoms with Crippen molar-refractivity contribution in [2.45, 2.75) is 44.6 Å². The molecule has 1 aromatic rings. The van der Waals surface area contributed by atoms with Crippen LogP contribution >= 0.6 is 0 Å². The molecule has 1 aliphatic carbocycles. The Bertz CT molecular complexity index is 461. The van der Waals surface area contributed by atoms with Crippen molar-refractivity contribution in [1.82, 2.24) is 5.32 Å². The lowest BCUT2D eigenvalue weighted by Gasteiger charge is -2.28. The van der Waals surface area contributed by atoms with Gasteiger partial charge in [0, 0.05) is 18.3 Å². The van der Waals surface area contributed by atoms with Gasteiger partial charge in [-0.05, 0) is 44.0 Å². The second-order valence-electron chi connectivity index (χ2n) is 5.56. The highest BCUT2D eigenvalue weighted by molar-refractivity contribution is 5.92. The van der Waals surface area contributed by atoms with Crippen LogP contribution in [0.4, 0.5) is 14.9 Å². The Hall–Kier alpha value is -1.62. The van der Waals surface area contributed by atoms with E-state index in [0.29, 0.717) is 25.2 Å². The van der Waals surface area contributed by atoms with Crippen molar-refractivity contribution < 1.29 is 9.18 Å². The maximum atomic E-state index is 13.4. The van der Waals surface area contributed by atoms with E-state index in [4.69, 9.17) is 5.73 Å². The van der Waals surface area contributed by atoms with Crippen molar-refractivity contribution in [3.63, 3.8) is 0 Å². The topological polar surface area (TPSA) is 58.4 Å². The second kappa shape index (κ2) is 7.98. The van der Waals surface area contributed by atoms with Crippen LogP contribution in [-0.4, -0.2) is 25.2 Å². The van der Waals surface area contributed by atoms with Crippen LogP contribution in [0.15, 0.2) is 24.3 Å². The van der Waals surface area contributed by atoms with Gasteiger partial charge in [0.05, 0.1) is 0 Å². The minimum absolute atomic E-state index is 0.152. The molecule has 0 radical (unpaired) electrons. The first-order chi connectivity index (χ1) is 10.2. The molecule has 1 aliphatic rings. The predicted octanol–water partition coefficient (Wildman–Crippen LogP) is 3.02. The predicted molar refractivity (Wildman–Crippen MR) is 82.8 cm³/mol. The van der Waals surface area contributed by atoms with E-state index in [1.807, 2.05) is 0 Å². The number of nitrogens with zero attached hydrogens (tertiary/aromatic N) is 1. The number of hydrogen-bond donors (Lipinski definition) is 2. The van der Waals surface area contributed by atoms with Gasteiger partial charge in [-0.3, -0.25) is 4.90 Å². The first-order valence-electron chi connectivity index (χ1n) is 7.74. The van der Waals surface area contributed by atoms with Crippen molar-refractivity contribution in [3.8, 4) is 0 Å². The molecule has 1 aromatic carbocycles. The maximum absolute atomic E-state index is 13.4. The standard InChI is InChI=1S/C16H24FN3O/c17-13-6-4-9-15(12-13)20(11-5-10-18)16(21)19-14-7-2-1-3-8-14/h4,6,9,12,14H,1-3,5,7-8,10-11,18H2,(H,19,21). The van der Waals surface area contributed by atoms with Gasteiger partial charge in [0.25, 0.3) is 0 Å². The van der Waals surface area contributed by atoms with Gasteiger partial charge in [-0.15, -0.1) is 0 Å². The Balaban J connectivity index is 2.05. The summed E-state index contributed by atoms with van der Waals surface area (Å²) in [6, 6.07) is 6.22. The number of hydrogen-bond acceptors (Lipinski definition) is 2. The average Bonchev–Trinajstić information content (AvgIpc) is 2.49. The Morgan fingerprint density at radius 2 is 2.10 bits per heavy atom. The Morgan fingerprint density at radius 3 is 2.76 bits per heavy atom. The fourth-order valence-electron chi connectivity index (χ4n) is 2.74. The number of amides is 2. The molecule has 5 heteroatoms. The molecule has 2 rings (SSSR count). The van der Waals surface area contributed by atoms with Crippen LogP contribution in [0.5, 0.6) is 0 Å². The van der Waals surface area contributed by atoms with E-state index < -0.39 is 0 Å². The number of benzene rings is 1. The molecule has 3 N–H and O–H groups in total. The molecule has 21 heavy (non-hydrogen) atoms. The zero-order valence-corrected chi connectivity index (χ0v) is 12.4. The smallest absolute Gasteiger partial charge is 0.322 e. The largest absolute Gasteiger partial charge is 0.335 e. The van der Waals surface area contributed by atoms with E-state index in [1.165, 1.54) is 18.6 Å². The molecule has 1 saturated carbocycles. The lowest BCUT2D eigenvalue weighted by molar-refractivity contribution is 0.238. The summed E-state index contributed by atoms with van der Waals surface area (Å²) in [4.78, 5) is 14.1. The summed E-state index contributed by atoms with van der Waals surface area (Å²) in [5.41, 5.74) is 6.12. The molecule has 0 spiro atoms. The number of nitrogens with two attached hydrogens (primary N) is 1. The molecular formula is C16H24FN3O. The summed E-state index contributed by atoms with van der Waals surface area (Å²) in [6.07, 6.45) is 6.31. The number of rotatable bonds is 5. The minimum Gasteiger partial charge on any atom is -0.335 e. The van der Waals surface area contributed by atoms with Crippen LogP contribution in [0.25, 0.3) is 0 Å². The molecule has 0 aliphatic heterocycles. The highest BCUT2D eigenvalue weighted by atomic mass is 19.1. The SMILES string of the molecule is NCCCN(C(=O)NC1CCCCC1)c1cccc(F)c1. The van der Waals surface area contributed by atoms with Gasteiger partial charge in [0.1, 0.15) is 5.82 Å². The van der Waals surface area contributed by atoms with E-state index in [2.05, 4.69) is 5.32 Å². The summed E-state index contributed by atoms with van der Waals surface area (Å²) in [7, 11) is 0. The molecule has 0 heterocycles.